The van der Waals surface area contributed by atoms with Crippen molar-refractivity contribution in [3.8, 4) is 0 Å². The summed E-state index contributed by atoms with van der Waals surface area (Å²) in [7, 11) is 0. The molecule has 9 heteroatoms. The molecule has 0 aliphatic heterocycles. The standard InChI is InChI=1S/C21H23N3O5S/c25-18(23-20-22-16-2-1-15(24(27)28)6-17(16)30-20)11-29-19(26)10-21-7-12-3-13(8-21)5-14(4-12)9-21/h1-2,6,12-14H,3-5,7-11H2,(H,22,23,25). The van der Waals surface area contributed by atoms with Crippen molar-refractivity contribution < 1.29 is 19.2 Å². The van der Waals surface area contributed by atoms with E-state index in [1.807, 2.05) is 0 Å². The van der Waals surface area contributed by atoms with E-state index >= 15 is 0 Å². The third kappa shape index (κ3) is 3.78. The van der Waals surface area contributed by atoms with Gasteiger partial charge in [0.05, 0.1) is 21.6 Å². The van der Waals surface area contributed by atoms with E-state index < -0.39 is 10.8 Å². The van der Waals surface area contributed by atoms with E-state index in [9.17, 15) is 19.7 Å². The molecule has 4 fully saturated rings. The minimum Gasteiger partial charge on any atom is -0.456 e. The number of hydrogen-bond acceptors (Lipinski definition) is 7. The highest BCUT2D eigenvalue weighted by atomic mass is 32.1. The van der Waals surface area contributed by atoms with Gasteiger partial charge >= 0.3 is 5.97 Å². The lowest BCUT2D eigenvalue weighted by Crippen LogP contribution is -2.47. The molecule has 0 saturated heterocycles. The molecule has 4 aliphatic carbocycles. The number of nitro groups is 1. The molecule has 6 rings (SSSR count). The van der Waals surface area contributed by atoms with Crippen LogP contribution in [0.5, 0.6) is 0 Å². The SMILES string of the molecule is O=C(COC(=O)CC12CC3CC(CC(C3)C1)C2)Nc1nc2ccc([N+](=O)[O-])cc2s1. The molecule has 30 heavy (non-hydrogen) atoms. The Kier molecular flexibility index (Phi) is 4.72. The zero-order chi connectivity index (χ0) is 20.9. The second-order valence-corrected chi connectivity index (χ2v) is 10.3. The van der Waals surface area contributed by atoms with Gasteiger partial charge in [-0.2, -0.15) is 0 Å². The van der Waals surface area contributed by atoms with E-state index in [0.29, 0.717) is 21.8 Å². The summed E-state index contributed by atoms with van der Waals surface area (Å²) in [5.74, 6) is 1.54. The number of thiazole rings is 1. The number of fused-ring (bicyclic) bond motifs is 1. The first-order valence-corrected chi connectivity index (χ1v) is 11.2. The van der Waals surface area contributed by atoms with E-state index in [4.69, 9.17) is 4.74 Å². The summed E-state index contributed by atoms with van der Waals surface area (Å²) in [4.78, 5) is 39.3. The number of non-ortho nitro benzene ring substituents is 1. The Hall–Kier alpha value is -2.55. The van der Waals surface area contributed by atoms with Crippen LogP contribution in [0.25, 0.3) is 10.2 Å². The maximum absolute atomic E-state index is 12.4. The highest BCUT2D eigenvalue weighted by Crippen LogP contribution is 2.61. The van der Waals surface area contributed by atoms with Gasteiger partial charge in [-0.1, -0.05) is 11.3 Å². The smallest absolute Gasteiger partial charge is 0.306 e. The molecule has 1 N–H and O–H groups in total. The number of carbonyl (C=O) groups excluding carboxylic acids is 2. The molecule has 0 spiro atoms. The number of amides is 1. The second-order valence-electron chi connectivity index (χ2n) is 9.23. The van der Waals surface area contributed by atoms with Gasteiger partial charge < -0.3 is 4.74 Å². The number of carbonyl (C=O) groups is 2. The maximum Gasteiger partial charge on any atom is 0.306 e. The Morgan fingerprint density at radius 2 is 1.87 bits per heavy atom. The van der Waals surface area contributed by atoms with Gasteiger partial charge in [0.15, 0.2) is 11.7 Å². The molecule has 158 valence electrons. The number of nitro benzene ring substituents is 1. The number of rotatable bonds is 6. The van der Waals surface area contributed by atoms with E-state index in [2.05, 4.69) is 10.3 Å². The maximum atomic E-state index is 12.4. The summed E-state index contributed by atoms with van der Waals surface area (Å²) in [5, 5.41) is 13.8. The fourth-order valence-corrected chi connectivity index (χ4v) is 7.16. The normalized spacial score (nSPS) is 29.1. The van der Waals surface area contributed by atoms with Crippen LogP contribution in [0.4, 0.5) is 10.8 Å². The monoisotopic (exact) mass is 429 g/mol. The number of benzene rings is 1. The number of nitrogens with one attached hydrogen (secondary N) is 1. The fraction of sp³-hybridized carbons (Fsp3) is 0.571. The first-order chi connectivity index (χ1) is 14.4. The van der Waals surface area contributed by atoms with Crippen molar-refractivity contribution >= 4 is 44.2 Å². The van der Waals surface area contributed by atoms with Crippen LogP contribution in [0, 0.1) is 33.3 Å². The predicted octanol–water partition coefficient (Wildman–Crippen LogP) is 4.29. The van der Waals surface area contributed by atoms with Gasteiger partial charge in [-0.05, 0) is 67.8 Å². The third-order valence-electron chi connectivity index (χ3n) is 6.88. The van der Waals surface area contributed by atoms with E-state index in [0.717, 1.165) is 48.4 Å². The zero-order valence-corrected chi connectivity index (χ0v) is 17.3. The highest BCUT2D eigenvalue weighted by Gasteiger charge is 2.51. The molecule has 0 atom stereocenters. The third-order valence-corrected chi connectivity index (χ3v) is 7.81. The van der Waals surface area contributed by atoms with Crippen molar-refractivity contribution in [1.82, 2.24) is 4.98 Å². The van der Waals surface area contributed by atoms with Gasteiger partial charge in [-0.25, -0.2) is 4.98 Å². The predicted molar refractivity (Wildman–Crippen MR) is 111 cm³/mol. The molecular formula is C21H23N3O5S. The van der Waals surface area contributed by atoms with E-state index in [-0.39, 0.29) is 23.7 Å². The molecule has 1 heterocycles. The lowest BCUT2D eigenvalue weighted by molar-refractivity contribution is -0.384. The van der Waals surface area contributed by atoms with Crippen LogP contribution in [0.2, 0.25) is 0 Å². The van der Waals surface area contributed by atoms with Gasteiger partial charge in [-0.15, -0.1) is 0 Å². The molecule has 4 bridgehead atoms. The molecule has 4 saturated carbocycles. The Morgan fingerprint density at radius 3 is 2.50 bits per heavy atom. The lowest BCUT2D eigenvalue weighted by Gasteiger charge is -2.56. The number of esters is 1. The number of aromatic nitrogens is 1. The van der Waals surface area contributed by atoms with Crippen LogP contribution in [-0.2, 0) is 14.3 Å². The Bertz CT molecular complexity index is 998. The molecule has 4 aliphatic rings. The Morgan fingerprint density at radius 1 is 1.20 bits per heavy atom. The van der Waals surface area contributed by atoms with E-state index in [1.165, 1.54) is 31.4 Å². The molecule has 1 aromatic heterocycles. The molecule has 0 unspecified atom stereocenters. The minimum atomic E-state index is -0.472. The van der Waals surface area contributed by atoms with Crippen molar-refractivity contribution in [1.29, 1.82) is 0 Å². The van der Waals surface area contributed by atoms with Crippen LogP contribution in [-0.4, -0.2) is 28.4 Å². The molecule has 1 aromatic carbocycles. The number of ether oxygens (including phenoxy) is 1. The molecule has 1 amide bonds. The van der Waals surface area contributed by atoms with Crippen LogP contribution >= 0.6 is 11.3 Å². The minimum absolute atomic E-state index is 0.0253. The van der Waals surface area contributed by atoms with Gasteiger partial charge in [0.25, 0.3) is 11.6 Å². The summed E-state index contributed by atoms with van der Waals surface area (Å²) >= 11 is 1.15. The topological polar surface area (TPSA) is 111 Å². The molecule has 8 nitrogen and oxygen atoms in total. The Labute approximate surface area is 177 Å². The first kappa shape index (κ1) is 19.4. The second kappa shape index (κ2) is 7.30. The van der Waals surface area contributed by atoms with Crippen LogP contribution in [0.15, 0.2) is 18.2 Å². The fourth-order valence-electron chi connectivity index (χ4n) is 6.25. The van der Waals surface area contributed by atoms with Crippen LogP contribution in [0.3, 0.4) is 0 Å². The average molecular weight is 429 g/mol. The van der Waals surface area contributed by atoms with Gasteiger partial charge in [0, 0.05) is 12.1 Å². The Balaban J connectivity index is 1.15. The van der Waals surface area contributed by atoms with Crippen molar-refractivity contribution in [2.45, 2.75) is 44.9 Å². The van der Waals surface area contributed by atoms with Gasteiger partial charge in [0.1, 0.15) is 0 Å². The number of anilines is 1. The number of hydrogen-bond donors (Lipinski definition) is 1. The summed E-state index contributed by atoms with van der Waals surface area (Å²) in [6.07, 6.45) is 7.75. The molecule has 2 aromatic rings. The van der Waals surface area contributed by atoms with E-state index in [1.54, 1.807) is 6.07 Å². The summed E-state index contributed by atoms with van der Waals surface area (Å²) in [6.45, 7) is -0.346. The lowest BCUT2D eigenvalue weighted by atomic mass is 9.49. The number of nitrogens with zero attached hydrogens (tertiary/aromatic N) is 2. The quantitative estimate of drug-likeness (QED) is 0.416. The summed E-state index contributed by atoms with van der Waals surface area (Å²) in [5.41, 5.74) is 0.631. The average Bonchev–Trinajstić information content (AvgIpc) is 3.06. The zero-order valence-electron chi connectivity index (χ0n) is 16.5. The van der Waals surface area contributed by atoms with Gasteiger partial charge in [0.2, 0.25) is 0 Å². The van der Waals surface area contributed by atoms with Gasteiger partial charge in [-0.3, -0.25) is 25.0 Å². The van der Waals surface area contributed by atoms with Crippen molar-refractivity contribution in [3.05, 3.63) is 28.3 Å². The van der Waals surface area contributed by atoms with Crippen molar-refractivity contribution in [2.75, 3.05) is 11.9 Å². The summed E-state index contributed by atoms with van der Waals surface area (Å²) < 4.78 is 5.89. The largest absolute Gasteiger partial charge is 0.456 e. The molecular weight excluding hydrogens is 406 g/mol. The van der Waals surface area contributed by atoms with Crippen molar-refractivity contribution in [3.63, 3.8) is 0 Å². The van der Waals surface area contributed by atoms with Crippen molar-refractivity contribution in [2.24, 2.45) is 23.2 Å². The molecule has 0 radical (unpaired) electrons. The highest BCUT2D eigenvalue weighted by molar-refractivity contribution is 7.22. The van der Waals surface area contributed by atoms with Crippen LogP contribution < -0.4 is 5.32 Å². The van der Waals surface area contributed by atoms with Crippen LogP contribution in [0.1, 0.15) is 44.9 Å². The first-order valence-electron chi connectivity index (χ1n) is 10.4. The summed E-state index contributed by atoms with van der Waals surface area (Å²) in [6, 6.07) is 4.35.